The first-order valence-corrected chi connectivity index (χ1v) is 5.96. The average Bonchev–Trinajstić information content (AvgIpc) is 2.24. The molecule has 0 bridgehead atoms. The second kappa shape index (κ2) is 3.54. The van der Waals surface area contributed by atoms with E-state index in [9.17, 15) is 18.0 Å². The number of aromatic nitrogens is 2. The fourth-order valence-electron chi connectivity index (χ4n) is 1.53. The van der Waals surface area contributed by atoms with Crippen molar-refractivity contribution in [2.45, 2.75) is 4.90 Å². The molecule has 0 aliphatic rings. The molecule has 0 spiro atoms. The SMILES string of the molecule is Cn1c(=O)[nH]c2cccc(S(=O)(=O)O)c2c1=O. The maximum Gasteiger partial charge on any atom is 0.328 e. The number of nitrogens with zero attached hydrogens (tertiary/aromatic N) is 1. The topological polar surface area (TPSA) is 109 Å². The molecule has 0 aliphatic heterocycles. The van der Waals surface area contributed by atoms with E-state index in [-0.39, 0.29) is 10.9 Å². The summed E-state index contributed by atoms with van der Waals surface area (Å²) in [7, 11) is -3.31. The van der Waals surface area contributed by atoms with Crippen LogP contribution in [0.15, 0.2) is 32.7 Å². The van der Waals surface area contributed by atoms with E-state index in [0.29, 0.717) is 0 Å². The van der Waals surface area contributed by atoms with Gasteiger partial charge in [0.25, 0.3) is 15.7 Å². The van der Waals surface area contributed by atoms with Crippen LogP contribution in [-0.4, -0.2) is 22.5 Å². The van der Waals surface area contributed by atoms with Gasteiger partial charge in [-0.25, -0.2) is 4.79 Å². The van der Waals surface area contributed by atoms with E-state index >= 15 is 0 Å². The number of rotatable bonds is 1. The van der Waals surface area contributed by atoms with Gasteiger partial charge in [0.15, 0.2) is 0 Å². The molecule has 0 fully saturated rings. The average molecular weight is 256 g/mol. The third-order valence-electron chi connectivity index (χ3n) is 2.37. The van der Waals surface area contributed by atoms with Gasteiger partial charge in [0, 0.05) is 7.05 Å². The molecular formula is C9H8N2O5S. The number of hydrogen-bond acceptors (Lipinski definition) is 4. The highest BCUT2D eigenvalue weighted by Crippen LogP contribution is 2.16. The highest BCUT2D eigenvalue weighted by Gasteiger charge is 2.17. The van der Waals surface area contributed by atoms with Crippen LogP contribution in [0.1, 0.15) is 0 Å². The van der Waals surface area contributed by atoms with E-state index in [1.54, 1.807) is 0 Å². The number of benzene rings is 1. The Morgan fingerprint density at radius 1 is 1.29 bits per heavy atom. The molecular weight excluding hydrogens is 248 g/mol. The highest BCUT2D eigenvalue weighted by atomic mass is 32.2. The van der Waals surface area contributed by atoms with Gasteiger partial charge in [-0.2, -0.15) is 8.42 Å². The van der Waals surface area contributed by atoms with Crippen LogP contribution in [-0.2, 0) is 17.2 Å². The van der Waals surface area contributed by atoms with E-state index in [1.807, 2.05) is 0 Å². The molecule has 90 valence electrons. The molecule has 1 heterocycles. The lowest BCUT2D eigenvalue weighted by molar-refractivity contribution is 0.484. The largest absolute Gasteiger partial charge is 0.328 e. The highest BCUT2D eigenvalue weighted by molar-refractivity contribution is 7.86. The van der Waals surface area contributed by atoms with Gasteiger partial charge in [-0.15, -0.1) is 0 Å². The molecule has 0 unspecified atom stereocenters. The van der Waals surface area contributed by atoms with Crippen LogP contribution >= 0.6 is 0 Å². The van der Waals surface area contributed by atoms with Gasteiger partial charge in [0.05, 0.1) is 10.9 Å². The maximum atomic E-state index is 11.8. The first-order valence-electron chi connectivity index (χ1n) is 4.52. The molecule has 0 saturated carbocycles. The second-order valence-corrected chi connectivity index (χ2v) is 4.84. The third kappa shape index (κ3) is 1.77. The van der Waals surface area contributed by atoms with Crippen LogP contribution in [0.4, 0.5) is 0 Å². The van der Waals surface area contributed by atoms with E-state index in [1.165, 1.54) is 19.2 Å². The van der Waals surface area contributed by atoms with Crippen molar-refractivity contribution in [3.05, 3.63) is 39.0 Å². The van der Waals surface area contributed by atoms with Crippen molar-refractivity contribution in [3.63, 3.8) is 0 Å². The fraction of sp³-hybridized carbons (Fsp3) is 0.111. The summed E-state index contributed by atoms with van der Waals surface area (Å²) in [6.45, 7) is 0. The zero-order chi connectivity index (χ0) is 12.8. The first-order chi connectivity index (χ1) is 7.82. The minimum atomic E-state index is -4.52. The van der Waals surface area contributed by atoms with Crippen molar-refractivity contribution in [2.24, 2.45) is 7.05 Å². The van der Waals surface area contributed by atoms with Crippen LogP contribution in [0.2, 0.25) is 0 Å². The van der Waals surface area contributed by atoms with Crippen molar-refractivity contribution >= 4 is 21.0 Å². The minimum absolute atomic E-state index is 0.0632. The normalized spacial score (nSPS) is 11.9. The number of nitrogens with one attached hydrogen (secondary N) is 1. The summed E-state index contributed by atoms with van der Waals surface area (Å²) in [6, 6.07) is 3.80. The van der Waals surface area contributed by atoms with E-state index in [4.69, 9.17) is 4.55 Å². The molecule has 2 aromatic rings. The third-order valence-corrected chi connectivity index (χ3v) is 3.26. The molecule has 0 amide bonds. The quantitative estimate of drug-likeness (QED) is 0.667. The lowest BCUT2D eigenvalue weighted by Crippen LogP contribution is -2.33. The second-order valence-electron chi connectivity index (χ2n) is 3.45. The van der Waals surface area contributed by atoms with Crippen molar-refractivity contribution in [1.29, 1.82) is 0 Å². The van der Waals surface area contributed by atoms with Crippen LogP contribution < -0.4 is 11.2 Å². The van der Waals surface area contributed by atoms with Gasteiger partial charge in [0.1, 0.15) is 4.90 Å². The standard InChI is InChI=1S/C9H8N2O5S/c1-11-8(12)7-5(10-9(11)13)3-2-4-6(7)17(14,15)16/h2-4H,1H3,(H,10,13)(H,14,15,16). The molecule has 1 aromatic carbocycles. The number of hydrogen-bond donors (Lipinski definition) is 2. The first kappa shape index (κ1) is 11.6. The summed E-state index contributed by atoms with van der Waals surface area (Å²) in [5.41, 5.74) is -1.37. The molecule has 7 nitrogen and oxygen atoms in total. The molecule has 2 rings (SSSR count). The number of H-pyrrole nitrogens is 1. The number of aromatic amines is 1. The summed E-state index contributed by atoms with van der Waals surface area (Å²) in [5.74, 6) is 0. The molecule has 0 aliphatic carbocycles. The van der Waals surface area contributed by atoms with Gasteiger partial charge < -0.3 is 4.98 Å². The van der Waals surface area contributed by atoms with Gasteiger partial charge in [-0.05, 0) is 12.1 Å². The molecule has 0 radical (unpaired) electrons. The molecule has 0 atom stereocenters. The van der Waals surface area contributed by atoms with E-state index in [2.05, 4.69) is 4.98 Å². The molecule has 1 aromatic heterocycles. The van der Waals surface area contributed by atoms with Crippen molar-refractivity contribution in [1.82, 2.24) is 9.55 Å². The van der Waals surface area contributed by atoms with Gasteiger partial charge in [-0.1, -0.05) is 6.07 Å². The predicted molar refractivity (Wildman–Crippen MR) is 59.6 cm³/mol. The Morgan fingerprint density at radius 3 is 2.53 bits per heavy atom. The van der Waals surface area contributed by atoms with E-state index in [0.717, 1.165) is 10.6 Å². The lowest BCUT2D eigenvalue weighted by Gasteiger charge is -2.04. The Morgan fingerprint density at radius 2 is 1.94 bits per heavy atom. The lowest BCUT2D eigenvalue weighted by atomic mass is 10.2. The summed E-state index contributed by atoms with van der Waals surface area (Å²) in [6.07, 6.45) is 0. The van der Waals surface area contributed by atoms with Gasteiger partial charge in [-0.3, -0.25) is 13.9 Å². The monoisotopic (exact) mass is 256 g/mol. The Labute approximate surface area is 95.1 Å². The fourth-order valence-corrected chi connectivity index (χ4v) is 2.24. The molecule has 2 N–H and O–H groups in total. The van der Waals surface area contributed by atoms with Gasteiger partial charge >= 0.3 is 5.69 Å². The summed E-state index contributed by atoms with van der Waals surface area (Å²) in [4.78, 5) is 24.9. The van der Waals surface area contributed by atoms with Crippen molar-refractivity contribution < 1.29 is 13.0 Å². The summed E-state index contributed by atoms with van der Waals surface area (Å²) < 4.78 is 32.0. The molecule has 8 heteroatoms. The van der Waals surface area contributed by atoms with Crippen LogP contribution in [0.25, 0.3) is 10.9 Å². The predicted octanol–water partition coefficient (Wildman–Crippen LogP) is -0.526. The zero-order valence-electron chi connectivity index (χ0n) is 8.67. The zero-order valence-corrected chi connectivity index (χ0v) is 9.48. The number of fused-ring (bicyclic) bond motifs is 1. The van der Waals surface area contributed by atoms with Crippen LogP contribution in [0.5, 0.6) is 0 Å². The van der Waals surface area contributed by atoms with Crippen LogP contribution in [0.3, 0.4) is 0 Å². The molecule has 0 saturated heterocycles. The van der Waals surface area contributed by atoms with Crippen molar-refractivity contribution in [3.8, 4) is 0 Å². The molecule has 17 heavy (non-hydrogen) atoms. The van der Waals surface area contributed by atoms with Crippen molar-refractivity contribution in [2.75, 3.05) is 0 Å². The Kier molecular flexibility index (Phi) is 2.40. The smallest absolute Gasteiger partial charge is 0.307 e. The maximum absolute atomic E-state index is 11.8. The summed E-state index contributed by atoms with van der Waals surface area (Å²) in [5, 5.41) is -0.239. The Hall–Kier alpha value is -1.93. The van der Waals surface area contributed by atoms with E-state index < -0.39 is 26.3 Å². The van der Waals surface area contributed by atoms with Crippen LogP contribution in [0, 0.1) is 0 Å². The Balaban J connectivity index is 3.16. The Bertz CT molecular complexity index is 815. The minimum Gasteiger partial charge on any atom is -0.307 e. The van der Waals surface area contributed by atoms with Gasteiger partial charge in [0.2, 0.25) is 0 Å². The summed E-state index contributed by atoms with van der Waals surface area (Å²) >= 11 is 0.